The fourth-order valence-electron chi connectivity index (χ4n) is 5.34. The molecule has 0 saturated heterocycles. The Hall–Kier alpha value is -5.44. The molecule has 5 rings (SSSR count). The van der Waals surface area contributed by atoms with Gasteiger partial charge in [0.05, 0.1) is 7.11 Å². The number of amides is 4. The van der Waals surface area contributed by atoms with Crippen molar-refractivity contribution in [2.75, 3.05) is 23.9 Å². The molecule has 224 valence electrons. The average Bonchev–Trinajstić information content (AvgIpc) is 3.15. The summed E-state index contributed by atoms with van der Waals surface area (Å²) in [6.07, 6.45) is 0.665. The zero-order valence-corrected chi connectivity index (χ0v) is 24.4. The Morgan fingerprint density at radius 2 is 1.39 bits per heavy atom. The Bertz CT molecular complexity index is 1640. The number of urea groups is 1. The Morgan fingerprint density at radius 1 is 0.750 bits per heavy atom. The molecule has 4 aromatic rings. The van der Waals surface area contributed by atoms with E-state index in [2.05, 4.69) is 16.0 Å². The van der Waals surface area contributed by atoms with Crippen LogP contribution in [0.2, 0.25) is 0 Å². The van der Waals surface area contributed by atoms with Crippen molar-refractivity contribution >= 4 is 35.2 Å². The monoisotopic (exact) mass is 590 g/mol. The molecular weight excluding hydrogens is 556 g/mol. The zero-order valence-electron chi connectivity index (χ0n) is 24.4. The van der Waals surface area contributed by atoms with Gasteiger partial charge < -0.3 is 20.7 Å². The van der Waals surface area contributed by atoms with Crippen LogP contribution in [0.15, 0.2) is 103 Å². The molecule has 1 aliphatic heterocycles. The van der Waals surface area contributed by atoms with Crippen LogP contribution >= 0.6 is 0 Å². The molecule has 0 aliphatic carbocycles. The minimum absolute atomic E-state index is 0.172. The van der Waals surface area contributed by atoms with E-state index in [4.69, 9.17) is 4.74 Å². The predicted octanol–water partition coefficient (Wildman–Crippen LogP) is 5.37. The number of fused-ring (bicyclic) bond motifs is 2. The fraction of sp³-hybridized carbons (Fsp3) is 0.200. The molecule has 1 atom stereocenters. The SMILES string of the molecule is COC(=O)CCC1c2ccccc2C(=O)N(CC(=O)NCc2ccc(NC(=O)NCc3ccccc3)cc2)c2ccccc21. The maximum atomic E-state index is 13.8. The zero-order chi connectivity index (χ0) is 30.9. The first-order valence-corrected chi connectivity index (χ1v) is 14.4. The van der Waals surface area contributed by atoms with Gasteiger partial charge in [0.1, 0.15) is 6.54 Å². The summed E-state index contributed by atoms with van der Waals surface area (Å²) in [5.74, 6) is -1.13. The molecule has 0 radical (unpaired) electrons. The van der Waals surface area contributed by atoms with Crippen LogP contribution in [0.3, 0.4) is 0 Å². The molecule has 1 aliphatic rings. The summed E-state index contributed by atoms with van der Waals surface area (Å²) in [5.41, 5.74) is 5.29. The van der Waals surface area contributed by atoms with Crippen LogP contribution in [0, 0.1) is 0 Å². The van der Waals surface area contributed by atoms with Crippen LogP contribution in [0.5, 0.6) is 0 Å². The van der Waals surface area contributed by atoms with Gasteiger partial charge in [0.2, 0.25) is 5.91 Å². The van der Waals surface area contributed by atoms with Gasteiger partial charge in [-0.3, -0.25) is 19.3 Å². The van der Waals surface area contributed by atoms with Gasteiger partial charge in [-0.2, -0.15) is 0 Å². The number of hydrogen-bond donors (Lipinski definition) is 3. The molecule has 0 saturated carbocycles. The molecular formula is C35H34N4O5. The van der Waals surface area contributed by atoms with Gasteiger partial charge in [0.25, 0.3) is 5.91 Å². The molecule has 0 spiro atoms. The summed E-state index contributed by atoms with van der Waals surface area (Å²) in [7, 11) is 1.36. The molecule has 1 unspecified atom stereocenters. The summed E-state index contributed by atoms with van der Waals surface area (Å²) >= 11 is 0. The van der Waals surface area contributed by atoms with Crippen molar-refractivity contribution in [3.63, 3.8) is 0 Å². The maximum absolute atomic E-state index is 13.8. The lowest BCUT2D eigenvalue weighted by atomic mass is 9.85. The first-order chi connectivity index (χ1) is 21.4. The normalized spacial score (nSPS) is 13.6. The van der Waals surface area contributed by atoms with Gasteiger partial charge in [-0.1, -0.05) is 78.9 Å². The summed E-state index contributed by atoms with van der Waals surface area (Å²) in [4.78, 5) is 52.7. The third-order valence-electron chi connectivity index (χ3n) is 7.58. The number of methoxy groups -OCH3 is 1. The summed E-state index contributed by atoms with van der Waals surface area (Å²) < 4.78 is 4.86. The van der Waals surface area contributed by atoms with Crippen molar-refractivity contribution in [3.8, 4) is 0 Å². The second-order valence-electron chi connectivity index (χ2n) is 10.5. The van der Waals surface area contributed by atoms with Crippen LogP contribution in [0.25, 0.3) is 0 Å². The maximum Gasteiger partial charge on any atom is 0.319 e. The highest BCUT2D eigenvalue weighted by Crippen LogP contribution is 2.41. The number of benzene rings is 4. The van der Waals surface area contributed by atoms with E-state index in [0.29, 0.717) is 29.9 Å². The third kappa shape index (κ3) is 7.30. The van der Waals surface area contributed by atoms with Gasteiger partial charge >= 0.3 is 12.0 Å². The number of carbonyl (C=O) groups is 4. The number of anilines is 2. The Balaban J connectivity index is 1.23. The Labute approximate surface area is 256 Å². The van der Waals surface area contributed by atoms with E-state index >= 15 is 0 Å². The number of esters is 1. The van der Waals surface area contributed by atoms with Crippen molar-refractivity contribution in [2.24, 2.45) is 0 Å². The van der Waals surface area contributed by atoms with Crippen LogP contribution in [-0.2, 0) is 27.4 Å². The van der Waals surface area contributed by atoms with Crippen molar-refractivity contribution in [2.45, 2.75) is 31.8 Å². The number of nitrogens with zero attached hydrogens (tertiary/aromatic N) is 1. The highest BCUT2D eigenvalue weighted by atomic mass is 16.5. The minimum Gasteiger partial charge on any atom is -0.469 e. The standard InChI is InChI=1S/C35H34N4O5/c1-44-33(41)20-19-28-27-11-5-6-13-30(27)34(42)39(31-14-8-7-12-29(28)31)23-32(40)36-21-25-15-17-26(18-16-25)38-35(43)37-22-24-9-3-2-4-10-24/h2-18,28H,19-23H2,1H3,(H,36,40)(H2,37,38,43). The van der Waals surface area contributed by atoms with Gasteiger partial charge in [0, 0.05) is 42.4 Å². The molecule has 44 heavy (non-hydrogen) atoms. The molecule has 0 bridgehead atoms. The minimum atomic E-state index is -0.318. The molecule has 4 aromatic carbocycles. The highest BCUT2D eigenvalue weighted by molar-refractivity contribution is 6.11. The van der Waals surface area contributed by atoms with Gasteiger partial charge in [-0.15, -0.1) is 0 Å². The van der Waals surface area contributed by atoms with Crippen LogP contribution in [0.4, 0.5) is 16.2 Å². The van der Waals surface area contributed by atoms with Crippen molar-refractivity contribution in [1.29, 1.82) is 0 Å². The molecule has 9 nitrogen and oxygen atoms in total. The van der Waals surface area contributed by atoms with E-state index in [0.717, 1.165) is 22.3 Å². The van der Waals surface area contributed by atoms with E-state index in [1.807, 2.05) is 78.9 Å². The number of rotatable bonds is 10. The fourth-order valence-corrected chi connectivity index (χ4v) is 5.34. The number of hydrogen-bond acceptors (Lipinski definition) is 5. The third-order valence-corrected chi connectivity index (χ3v) is 7.58. The summed E-state index contributed by atoms with van der Waals surface area (Å²) in [6.45, 7) is 0.497. The Kier molecular flexibility index (Phi) is 9.66. The van der Waals surface area contributed by atoms with Gasteiger partial charge in [-0.05, 0) is 52.9 Å². The number of ether oxygens (including phenoxy) is 1. The average molecular weight is 591 g/mol. The molecule has 4 amide bonds. The Morgan fingerprint density at radius 3 is 2.14 bits per heavy atom. The largest absolute Gasteiger partial charge is 0.469 e. The molecule has 9 heteroatoms. The van der Waals surface area contributed by atoms with E-state index < -0.39 is 0 Å². The van der Waals surface area contributed by atoms with Crippen LogP contribution in [-0.4, -0.2) is 37.5 Å². The topological polar surface area (TPSA) is 117 Å². The summed E-state index contributed by atoms with van der Waals surface area (Å²) in [5, 5.41) is 8.53. The number of para-hydroxylation sites is 1. The first kappa shape index (κ1) is 30.0. The lowest BCUT2D eigenvalue weighted by Crippen LogP contribution is -2.40. The van der Waals surface area contributed by atoms with Gasteiger partial charge in [-0.25, -0.2) is 4.79 Å². The number of nitrogens with one attached hydrogen (secondary N) is 3. The molecule has 0 aromatic heterocycles. The predicted molar refractivity (Wildman–Crippen MR) is 168 cm³/mol. The van der Waals surface area contributed by atoms with Gasteiger partial charge in [0.15, 0.2) is 0 Å². The van der Waals surface area contributed by atoms with E-state index in [9.17, 15) is 19.2 Å². The second-order valence-corrected chi connectivity index (χ2v) is 10.5. The van der Waals surface area contributed by atoms with Crippen molar-refractivity contribution in [1.82, 2.24) is 10.6 Å². The molecule has 1 heterocycles. The van der Waals surface area contributed by atoms with E-state index in [1.165, 1.54) is 12.0 Å². The molecule has 3 N–H and O–H groups in total. The van der Waals surface area contributed by atoms with Crippen molar-refractivity contribution < 1.29 is 23.9 Å². The van der Waals surface area contributed by atoms with Crippen LogP contribution < -0.4 is 20.9 Å². The van der Waals surface area contributed by atoms with E-state index in [-0.39, 0.29) is 49.2 Å². The first-order valence-electron chi connectivity index (χ1n) is 14.4. The lowest BCUT2D eigenvalue weighted by Gasteiger charge is -2.24. The second kappa shape index (κ2) is 14.2. The van der Waals surface area contributed by atoms with Crippen LogP contribution in [0.1, 0.15) is 51.4 Å². The smallest absolute Gasteiger partial charge is 0.319 e. The highest BCUT2D eigenvalue weighted by Gasteiger charge is 2.33. The molecule has 0 fully saturated rings. The van der Waals surface area contributed by atoms with E-state index in [1.54, 1.807) is 24.3 Å². The quantitative estimate of drug-likeness (QED) is 0.215. The summed E-state index contributed by atoms with van der Waals surface area (Å²) in [6, 6.07) is 31.3. The number of carbonyl (C=O) groups excluding carboxylic acids is 4. The van der Waals surface area contributed by atoms with Crippen molar-refractivity contribution in [3.05, 3.63) is 131 Å². The lowest BCUT2D eigenvalue weighted by molar-refractivity contribution is -0.140.